The largest absolute Gasteiger partial charge is 0.307 e. The molecule has 1 unspecified atom stereocenters. The van der Waals surface area contributed by atoms with Crippen molar-refractivity contribution in [2.45, 2.75) is 32.7 Å². The van der Waals surface area contributed by atoms with Crippen molar-refractivity contribution in [2.24, 2.45) is 0 Å². The van der Waals surface area contributed by atoms with Crippen molar-refractivity contribution >= 4 is 0 Å². The number of hydrogen-bond acceptors (Lipinski definition) is 1. The first-order valence-corrected chi connectivity index (χ1v) is 7.10. The third-order valence-electron chi connectivity index (χ3n) is 3.48. The van der Waals surface area contributed by atoms with Crippen LogP contribution >= 0.6 is 0 Å². The fraction of sp³-hybridized carbons (Fsp3) is 0.333. The molecule has 1 atom stereocenters. The van der Waals surface area contributed by atoms with E-state index in [1.165, 1.54) is 16.7 Å². The van der Waals surface area contributed by atoms with Gasteiger partial charge < -0.3 is 5.32 Å². The Morgan fingerprint density at radius 3 is 1.84 bits per heavy atom. The molecular formula is C18H23N. The van der Waals surface area contributed by atoms with Gasteiger partial charge in [-0.1, -0.05) is 75.4 Å². The van der Waals surface area contributed by atoms with Crippen LogP contribution in [0.15, 0.2) is 54.6 Å². The molecule has 0 fully saturated rings. The highest BCUT2D eigenvalue weighted by molar-refractivity contribution is 5.34. The minimum atomic E-state index is 0.285. The normalized spacial score (nSPS) is 12.6. The van der Waals surface area contributed by atoms with Gasteiger partial charge in [0.2, 0.25) is 0 Å². The molecule has 2 rings (SSSR count). The van der Waals surface area contributed by atoms with Crippen LogP contribution in [0.25, 0.3) is 0 Å². The van der Waals surface area contributed by atoms with E-state index < -0.39 is 0 Å². The molecule has 0 aliphatic carbocycles. The van der Waals surface area contributed by atoms with Crippen molar-refractivity contribution < 1.29 is 0 Å². The molecule has 0 saturated carbocycles. The molecule has 100 valence electrons. The Morgan fingerprint density at radius 1 is 0.789 bits per heavy atom. The molecule has 0 saturated heterocycles. The fourth-order valence-electron chi connectivity index (χ4n) is 2.35. The van der Waals surface area contributed by atoms with Crippen LogP contribution in [-0.4, -0.2) is 6.54 Å². The minimum absolute atomic E-state index is 0.285. The Labute approximate surface area is 116 Å². The average molecular weight is 253 g/mol. The molecule has 0 amide bonds. The van der Waals surface area contributed by atoms with Crippen molar-refractivity contribution in [3.63, 3.8) is 0 Å². The van der Waals surface area contributed by atoms with Gasteiger partial charge in [0.1, 0.15) is 0 Å². The summed E-state index contributed by atoms with van der Waals surface area (Å²) in [5, 5.41) is 3.56. The summed E-state index contributed by atoms with van der Waals surface area (Å²) in [7, 11) is 0. The molecule has 1 nitrogen and oxygen atoms in total. The molecule has 0 heterocycles. The first-order valence-electron chi connectivity index (χ1n) is 7.10. The highest BCUT2D eigenvalue weighted by Crippen LogP contribution is 2.24. The number of hydrogen-bond donors (Lipinski definition) is 1. The molecular weight excluding hydrogens is 230 g/mol. The quantitative estimate of drug-likeness (QED) is 0.826. The molecule has 0 aliphatic rings. The van der Waals surface area contributed by atoms with Crippen molar-refractivity contribution in [1.29, 1.82) is 0 Å². The molecule has 1 N–H and O–H groups in total. The summed E-state index contributed by atoms with van der Waals surface area (Å²) in [6, 6.07) is 19.9. The maximum Gasteiger partial charge on any atom is 0.0576 e. The Hall–Kier alpha value is -1.60. The van der Waals surface area contributed by atoms with E-state index in [-0.39, 0.29) is 6.04 Å². The first-order chi connectivity index (χ1) is 9.22. The SMILES string of the molecule is CCNC(c1ccccc1)c1ccc(C(C)C)cc1. The summed E-state index contributed by atoms with van der Waals surface area (Å²) in [4.78, 5) is 0. The summed E-state index contributed by atoms with van der Waals surface area (Å²) in [5.74, 6) is 0.586. The molecule has 0 bridgehead atoms. The van der Waals surface area contributed by atoms with E-state index in [9.17, 15) is 0 Å². The summed E-state index contributed by atoms with van der Waals surface area (Å²) in [5.41, 5.74) is 4.05. The predicted octanol–water partition coefficient (Wildman–Crippen LogP) is 4.51. The van der Waals surface area contributed by atoms with Gasteiger partial charge in [0.15, 0.2) is 0 Å². The smallest absolute Gasteiger partial charge is 0.0576 e. The lowest BCUT2D eigenvalue weighted by atomic mass is 9.95. The number of benzene rings is 2. The molecule has 0 aliphatic heterocycles. The third-order valence-corrected chi connectivity index (χ3v) is 3.48. The second-order valence-corrected chi connectivity index (χ2v) is 5.22. The van der Waals surface area contributed by atoms with Crippen LogP contribution in [0.2, 0.25) is 0 Å². The lowest BCUT2D eigenvalue weighted by Crippen LogP contribution is -2.21. The summed E-state index contributed by atoms with van der Waals surface area (Å²) in [6.07, 6.45) is 0. The van der Waals surface area contributed by atoms with E-state index in [4.69, 9.17) is 0 Å². The van der Waals surface area contributed by atoms with Crippen LogP contribution in [0, 0.1) is 0 Å². The molecule has 0 radical (unpaired) electrons. The van der Waals surface area contributed by atoms with E-state index in [0.717, 1.165) is 6.54 Å². The van der Waals surface area contributed by atoms with E-state index in [0.29, 0.717) is 5.92 Å². The topological polar surface area (TPSA) is 12.0 Å². The van der Waals surface area contributed by atoms with E-state index in [1.807, 2.05) is 0 Å². The number of nitrogens with one attached hydrogen (secondary N) is 1. The first kappa shape index (κ1) is 13.8. The van der Waals surface area contributed by atoms with Crippen LogP contribution in [-0.2, 0) is 0 Å². The van der Waals surface area contributed by atoms with Crippen LogP contribution < -0.4 is 5.32 Å². The zero-order valence-electron chi connectivity index (χ0n) is 12.1. The Kier molecular flexibility index (Phi) is 4.75. The molecule has 0 spiro atoms. The summed E-state index contributed by atoms with van der Waals surface area (Å²) >= 11 is 0. The minimum Gasteiger partial charge on any atom is -0.307 e. The summed E-state index contributed by atoms with van der Waals surface area (Å²) in [6.45, 7) is 7.58. The monoisotopic (exact) mass is 253 g/mol. The van der Waals surface area contributed by atoms with Gasteiger partial charge in [-0.25, -0.2) is 0 Å². The maximum atomic E-state index is 3.56. The fourth-order valence-corrected chi connectivity index (χ4v) is 2.35. The van der Waals surface area contributed by atoms with Gasteiger partial charge >= 0.3 is 0 Å². The second kappa shape index (κ2) is 6.53. The lowest BCUT2D eigenvalue weighted by molar-refractivity contribution is 0.630. The molecule has 0 aromatic heterocycles. The molecule has 2 aromatic carbocycles. The van der Waals surface area contributed by atoms with Crippen LogP contribution in [0.5, 0.6) is 0 Å². The lowest BCUT2D eigenvalue weighted by Gasteiger charge is -2.19. The van der Waals surface area contributed by atoms with Gasteiger partial charge in [-0.2, -0.15) is 0 Å². The maximum absolute atomic E-state index is 3.56. The predicted molar refractivity (Wildman–Crippen MR) is 82.5 cm³/mol. The zero-order chi connectivity index (χ0) is 13.7. The van der Waals surface area contributed by atoms with Crippen molar-refractivity contribution in [1.82, 2.24) is 5.32 Å². The van der Waals surface area contributed by atoms with Crippen LogP contribution in [0.1, 0.15) is 49.4 Å². The van der Waals surface area contributed by atoms with Gasteiger partial charge in [0, 0.05) is 0 Å². The van der Waals surface area contributed by atoms with Gasteiger partial charge in [-0.15, -0.1) is 0 Å². The third kappa shape index (κ3) is 3.45. The van der Waals surface area contributed by atoms with Crippen molar-refractivity contribution in [3.05, 3.63) is 71.3 Å². The van der Waals surface area contributed by atoms with E-state index in [2.05, 4.69) is 80.7 Å². The Bertz CT molecular complexity index is 485. The van der Waals surface area contributed by atoms with E-state index in [1.54, 1.807) is 0 Å². The Balaban J connectivity index is 2.29. The summed E-state index contributed by atoms with van der Waals surface area (Å²) < 4.78 is 0. The highest BCUT2D eigenvalue weighted by atomic mass is 14.9. The molecule has 1 heteroatoms. The Morgan fingerprint density at radius 2 is 1.32 bits per heavy atom. The van der Waals surface area contributed by atoms with E-state index >= 15 is 0 Å². The van der Waals surface area contributed by atoms with Crippen molar-refractivity contribution in [2.75, 3.05) is 6.54 Å². The zero-order valence-corrected chi connectivity index (χ0v) is 12.1. The van der Waals surface area contributed by atoms with Gasteiger partial charge in [0.05, 0.1) is 6.04 Å². The van der Waals surface area contributed by atoms with Gasteiger partial charge in [0.25, 0.3) is 0 Å². The highest BCUT2D eigenvalue weighted by Gasteiger charge is 2.12. The molecule has 2 aromatic rings. The van der Waals surface area contributed by atoms with Gasteiger partial charge in [-0.05, 0) is 29.2 Å². The second-order valence-electron chi connectivity index (χ2n) is 5.22. The van der Waals surface area contributed by atoms with Crippen LogP contribution in [0.4, 0.5) is 0 Å². The molecule has 19 heavy (non-hydrogen) atoms. The van der Waals surface area contributed by atoms with Crippen molar-refractivity contribution in [3.8, 4) is 0 Å². The number of rotatable bonds is 5. The van der Waals surface area contributed by atoms with Crippen LogP contribution in [0.3, 0.4) is 0 Å². The average Bonchev–Trinajstić information content (AvgIpc) is 2.46. The van der Waals surface area contributed by atoms with Gasteiger partial charge in [-0.3, -0.25) is 0 Å². The standard InChI is InChI=1S/C18H23N/c1-4-19-18(16-8-6-5-7-9-16)17-12-10-15(11-13-17)14(2)3/h5-14,18-19H,4H2,1-3H3.